The van der Waals surface area contributed by atoms with Crippen LogP contribution in [0.2, 0.25) is 0 Å². The summed E-state index contributed by atoms with van der Waals surface area (Å²) in [4.78, 5) is 5.42. The van der Waals surface area contributed by atoms with Crippen LogP contribution in [0.1, 0.15) is 32.8 Å². The molecule has 0 bridgehead atoms. The van der Waals surface area contributed by atoms with Crippen molar-refractivity contribution in [1.29, 1.82) is 0 Å². The number of rotatable bonds is 8. The molecule has 6 heteroatoms. The largest absolute Gasteiger partial charge is 0.405 e. The van der Waals surface area contributed by atoms with E-state index in [4.69, 9.17) is 0 Å². The Bertz CT molecular complexity index is 419. The summed E-state index contributed by atoms with van der Waals surface area (Å²) in [6, 6.07) is 1.66. The first kappa shape index (κ1) is 17.8. The summed E-state index contributed by atoms with van der Waals surface area (Å²) < 4.78 is 38.2. The summed E-state index contributed by atoms with van der Waals surface area (Å²) in [5.41, 5.74) is 1.41. The average molecular weight is 303 g/mol. The van der Waals surface area contributed by atoms with Crippen LogP contribution in [0.25, 0.3) is 0 Å². The van der Waals surface area contributed by atoms with E-state index in [0.717, 1.165) is 12.1 Å². The third-order valence-corrected chi connectivity index (χ3v) is 2.95. The van der Waals surface area contributed by atoms with Gasteiger partial charge in [0.05, 0.1) is 0 Å². The minimum Gasteiger partial charge on any atom is -0.362 e. The molecule has 1 aromatic heterocycles. The van der Waals surface area contributed by atoms with Gasteiger partial charge in [0.25, 0.3) is 0 Å². The van der Waals surface area contributed by atoms with Crippen molar-refractivity contribution in [2.75, 3.05) is 24.5 Å². The molecular formula is C15H24F3N3. The Balaban J connectivity index is 2.86. The highest BCUT2D eigenvalue weighted by atomic mass is 19.4. The Kier molecular flexibility index (Phi) is 6.95. The molecule has 1 aromatic rings. The standard InChI is InChI=1S/C15H24F3N3/c1-4-7-21(11-15(16,17)18)14-5-6-19-9-13(14)10-20-8-12(2)3/h5-6,9,12,20H,4,7-8,10-11H2,1-3H3. The summed E-state index contributed by atoms with van der Waals surface area (Å²) >= 11 is 0. The summed E-state index contributed by atoms with van der Waals surface area (Å²) in [6.07, 6.45) is -0.361. The molecule has 1 N–H and O–H groups in total. The van der Waals surface area contributed by atoms with E-state index in [1.807, 2.05) is 6.92 Å². The lowest BCUT2D eigenvalue weighted by Gasteiger charge is -2.27. The van der Waals surface area contributed by atoms with E-state index in [0.29, 0.717) is 31.1 Å². The van der Waals surface area contributed by atoms with Crippen molar-refractivity contribution in [3.63, 3.8) is 0 Å². The van der Waals surface area contributed by atoms with Crippen LogP contribution in [0.15, 0.2) is 18.5 Å². The minimum absolute atomic E-state index is 0.376. The van der Waals surface area contributed by atoms with E-state index in [1.165, 1.54) is 4.90 Å². The third kappa shape index (κ3) is 6.80. The van der Waals surface area contributed by atoms with Gasteiger partial charge in [0.15, 0.2) is 0 Å². The maximum Gasteiger partial charge on any atom is 0.405 e. The number of hydrogen-bond acceptors (Lipinski definition) is 3. The van der Waals surface area contributed by atoms with Crippen LogP contribution in [0.3, 0.4) is 0 Å². The van der Waals surface area contributed by atoms with Gasteiger partial charge in [-0.2, -0.15) is 13.2 Å². The molecule has 0 aliphatic carbocycles. The monoisotopic (exact) mass is 303 g/mol. The second-order valence-corrected chi connectivity index (χ2v) is 5.57. The molecule has 0 atom stereocenters. The molecule has 0 radical (unpaired) electrons. The number of alkyl halides is 3. The Labute approximate surface area is 124 Å². The van der Waals surface area contributed by atoms with E-state index in [1.54, 1.807) is 18.5 Å². The molecule has 0 unspecified atom stereocenters. The van der Waals surface area contributed by atoms with Crippen LogP contribution in [0.4, 0.5) is 18.9 Å². The zero-order chi connectivity index (χ0) is 15.9. The van der Waals surface area contributed by atoms with Crippen molar-refractivity contribution >= 4 is 5.69 Å². The van der Waals surface area contributed by atoms with E-state index in [2.05, 4.69) is 24.1 Å². The smallest absolute Gasteiger partial charge is 0.362 e. The molecular weight excluding hydrogens is 279 g/mol. The third-order valence-electron chi connectivity index (χ3n) is 2.95. The van der Waals surface area contributed by atoms with Gasteiger partial charge in [0, 0.05) is 36.7 Å². The van der Waals surface area contributed by atoms with Crippen molar-refractivity contribution in [2.45, 2.75) is 39.9 Å². The highest BCUT2D eigenvalue weighted by molar-refractivity contribution is 5.52. The molecule has 0 amide bonds. The fourth-order valence-electron chi connectivity index (χ4n) is 2.13. The van der Waals surface area contributed by atoms with Gasteiger partial charge in [0.1, 0.15) is 6.54 Å². The highest BCUT2D eigenvalue weighted by Crippen LogP contribution is 2.25. The van der Waals surface area contributed by atoms with Gasteiger partial charge < -0.3 is 10.2 Å². The van der Waals surface area contributed by atoms with Gasteiger partial charge in [0.2, 0.25) is 0 Å². The lowest BCUT2D eigenvalue weighted by molar-refractivity contribution is -0.119. The summed E-state index contributed by atoms with van der Waals surface area (Å²) in [6.45, 7) is 6.85. The van der Waals surface area contributed by atoms with Gasteiger partial charge in [-0.15, -0.1) is 0 Å². The van der Waals surface area contributed by atoms with E-state index in [9.17, 15) is 13.2 Å². The molecule has 0 saturated heterocycles. The highest BCUT2D eigenvalue weighted by Gasteiger charge is 2.31. The predicted octanol–water partition coefficient (Wildman–Crippen LogP) is 3.61. The van der Waals surface area contributed by atoms with Gasteiger partial charge >= 0.3 is 6.18 Å². The van der Waals surface area contributed by atoms with Gasteiger partial charge in [-0.05, 0) is 24.9 Å². The van der Waals surface area contributed by atoms with Gasteiger partial charge in [-0.3, -0.25) is 4.98 Å². The molecule has 21 heavy (non-hydrogen) atoms. The molecule has 1 rings (SSSR count). The predicted molar refractivity (Wildman–Crippen MR) is 79.3 cm³/mol. The van der Waals surface area contributed by atoms with Crippen molar-refractivity contribution in [2.24, 2.45) is 5.92 Å². The number of hydrogen-bond donors (Lipinski definition) is 1. The summed E-state index contributed by atoms with van der Waals surface area (Å²) in [7, 11) is 0. The van der Waals surface area contributed by atoms with Crippen LogP contribution in [0, 0.1) is 5.92 Å². The topological polar surface area (TPSA) is 28.2 Å². The van der Waals surface area contributed by atoms with E-state index >= 15 is 0 Å². The second-order valence-electron chi connectivity index (χ2n) is 5.57. The number of nitrogens with one attached hydrogen (secondary N) is 1. The molecule has 120 valence electrons. The Morgan fingerprint density at radius 2 is 2.05 bits per heavy atom. The van der Waals surface area contributed by atoms with Crippen LogP contribution < -0.4 is 10.2 Å². The maximum absolute atomic E-state index is 12.7. The van der Waals surface area contributed by atoms with Crippen molar-refractivity contribution in [3.8, 4) is 0 Å². The lowest BCUT2D eigenvalue weighted by Crippen LogP contribution is -2.36. The number of aromatic nitrogens is 1. The Hall–Kier alpha value is -1.30. The van der Waals surface area contributed by atoms with Crippen LogP contribution in [-0.4, -0.2) is 30.8 Å². The molecule has 0 saturated carbocycles. The van der Waals surface area contributed by atoms with E-state index in [-0.39, 0.29) is 0 Å². The van der Waals surface area contributed by atoms with Crippen molar-refractivity contribution in [1.82, 2.24) is 10.3 Å². The maximum atomic E-state index is 12.7. The van der Waals surface area contributed by atoms with Gasteiger partial charge in [-0.25, -0.2) is 0 Å². The zero-order valence-electron chi connectivity index (χ0n) is 12.9. The number of anilines is 1. The molecule has 0 fully saturated rings. The second kappa shape index (κ2) is 8.22. The van der Waals surface area contributed by atoms with Crippen LogP contribution in [0.5, 0.6) is 0 Å². The first-order valence-electron chi connectivity index (χ1n) is 7.28. The Morgan fingerprint density at radius 3 is 2.62 bits per heavy atom. The summed E-state index contributed by atoms with van der Waals surface area (Å²) in [5.74, 6) is 0.493. The molecule has 0 aliphatic heterocycles. The SMILES string of the molecule is CCCN(CC(F)(F)F)c1ccncc1CNCC(C)C. The quantitative estimate of drug-likeness (QED) is 0.795. The molecule has 3 nitrogen and oxygen atoms in total. The average Bonchev–Trinajstić information content (AvgIpc) is 2.37. The fourth-order valence-corrected chi connectivity index (χ4v) is 2.13. The number of halogens is 3. The lowest BCUT2D eigenvalue weighted by atomic mass is 10.1. The van der Waals surface area contributed by atoms with Crippen molar-refractivity contribution < 1.29 is 13.2 Å². The van der Waals surface area contributed by atoms with E-state index < -0.39 is 12.7 Å². The molecule has 1 heterocycles. The first-order valence-corrected chi connectivity index (χ1v) is 7.28. The van der Waals surface area contributed by atoms with Gasteiger partial charge in [-0.1, -0.05) is 20.8 Å². The number of nitrogens with zero attached hydrogens (tertiary/aromatic N) is 2. The normalized spacial score (nSPS) is 12.0. The molecule has 0 aliphatic rings. The molecule has 0 aromatic carbocycles. The first-order chi connectivity index (χ1) is 9.83. The van der Waals surface area contributed by atoms with Crippen LogP contribution >= 0.6 is 0 Å². The zero-order valence-corrected chi connectivity index (χ0v) is 12.9. The fraction of sp³-hybridized carbons (Fsp3) is 0.667. The number of pyridine rings is 1. The minimum atomic E-state index is -4.21. The Morgan fingerprint density at radius 1 is 1.33 bits per heavy atom. The summed E-state index contributed by atoms with van der Waals surface area (Å²) in [5, 5.41) is 3.25. The van der Waals surface area contributed by atoms with Crippen LogP contribution in [-0.2, 0) is 6.54 Å². The molecule has 0 spiro atoms. The van der Waals surface area contributed by atoms with Crippen molar-refractivity contribution in [3.05, 3.63) is 24.0 Å².